The lowest BCUT2D eigenvalue weighted by Gasteiger charge is -2.18. The number of nitrogens with zero attached hydrogens (tertiary/aromatic N) is 3. The Morgan fingerprint density at radius 1 is 1.43 bits per heavy atom. The molecule has 124 valence electrons. The minimum atomic E-state index is -0.386. The summed E-state index contributed by atoms with van der Waals surface area (Å²) in [5, 5.41) is 2.50. The number of aromatic nitrogens is 2. The highest BCUT2D eigenvalue weighted by molar-refractivity contribution is 7.13. The van der Waals surface area contributed by atoms with Gasteiger partial charge in [0.25, 0.3) is 0 Å². The molecule has 0 spiro atoms. The van der Waals surface area contributed by atoms with Crippen LogP contribution in [0.4, 0.5) is 5.82 Å². The molecule has 0 atom stereocenters. The highest BCUT2D eigenvalue weighted by atomic mass is 32.1. The van der Waals surface area contributed by atoms with E-state index in [9.17, 15) is 4.79 Å². The molecular formula is C16H22N4O2S. The van der Waals surface area contributed by atoms with Crippen molar-refractivity contribution in [3.05, 3.63) is 29.4 Å². The van der Waals surface area contributed by atoms with Crippen LogP contribution in [0.25, 0.3) is 10.6 Å². The van der Waals surface area contributed by atoms with E-state index in [0.29, 0.717) is 18.8 Å². The predicted molar refractivity (Wildman–Crippen MR) is 92.9 cm³/mol. The average Bonchev–Trinajstić information content (AvgIpc) is 3.05. The lowest BCUT2D eigenvalue weighted by molar-refractivity contribution is 0.0520. The molecule has 0 aliphatic carbocycles. The molecule has 0 bridgehead atoms. The number of rotatable bonds is 8. The van der Waals surface area contributed by atoms with Crippen molar-refractivity contribution in [1.29, 1.82) is 0 Å². The van der Waals surface area contributed by atoms with Gasteiger partial charge in [0.1, 0.15) is 10.8 Å². The number of esters is 1. The van der Waals surface area contributed by atoms with Crippen LogP contribution < -0.4 is 10.6 Å². The molecule has 0 aliphatic heterocycles. The summed E-state index contributed by atoms with van der Waals surface area (Å²) in [5.41, 5.74) is 6.82. The van der Waals surface area contributed by atoms with Crippen molar-refractivity contribution < 1.29 is 9.53 Å². The number of pyridine rings is 1. The molecule has 0 fully saturated rings. The minimum absolute atomic E-state index is 0.346. The molecule has 0 radical (unpaired) electrons. The molecular weight excluding hydrogens is 312 g/mol. The molecule has 2 aromatic heterocycles. The average molecular weight is 334 g/mol. The third kappa shape index (κ3) is 4.74. The van der Waals surface area contributed by atoms with Crippen LogP contribution in [0.2, 0.25) is 0 Å². The third-order valence-corrected chi connectivity index (χ3v) is 4.21. The van der Waals surface area contributed by atoms with E-state index in [2.05, 4.69) is 14.9 Å². The summed E-state index contributed by atoms with van der Waals surface area (Å²) in [6.45, 7) is 3.73. The van der Waals surface area contributed by atoms with Gasteiger partial charge in [0, 0.05) is 30.7 Å². The molecule has 0 saturated heterocycles. The van der Waals surface area contributed by atoms with Gasteiger partial charge in [0.05, 0.1) is 6.61 Å². The Morgan fingerprint density at radius 2 is 2.26 bits per heavy atom. The van der Waals surface area contributed by atoms with E-state index in [1.807, 2.05) is 19.2 Å². The molecule has 23 heavy (non-hydrogen) atoms. The first-order valence-electron chi connectivity index (χ1n) is 7.66. The summed E-state index contributed by atoms with van der Waals surface area (Å²) in [7, 11) is 2.01. The summed E-state index contributed by atoms with van der Waals surface area (Å²) in [6, 6.07) is 3.88. The third-order valence-electron chi connectivity index (χ3n) is 3.32. The highest BCUT2D eigenvalue weighted by Crippen LogP contribution is 2.26. The second kappa shape index (κ2) is 8.59. The van der Waals surface area contributed by atoms with Gasteiger partial charge in [0.2, 0.25) is 0 Å². The fourth-order valence-electron chi connectivity index (χ4n) is 2.07. The highest BCUT2D eigenvalue weighted by Gasteiger charge is 2.13. The zero-order valence-electron chi connectivity index (χ0n) is 13.5. The van der Waals surface area contributed by atoms with Gasteiger partial charge in [0.15, 0.2) is 5.69 Å². The Kier molecular flexibility index (Phi) is 6.49. The first-order chi connectivity index (χ1) is 11.2. The monoisotopic (exact) mass is 334 g/mol. The van der Waals surface area contributed by atoms with E-state index < -0.39 is 0 Å². The first-order valence-corrected chi connectivity index (χ1v) is 8.54. The van der Waals surface area contributed by atoms with Gasteiger partial charge in [-0.2, -0.15) is 0 Å². The molecule has 0 saturated carbocycles. The normalized spacial score (nSPS) is 10.6. The zero-order valence-corrected chi connectivity index (χ0v) is 14.3. The molecule has 6 nitrogen and oxygen atoms in total. The maximum atomic E-state index is 11.7. The van der Waals surface area contributed by atoms with Gasteiger partial charge in [-0.05, 0) is 38.4 Å². The fraction of sp³-hybridized carbons (Fsp3) is 0.438. The van der Waals surface area contributed by atoms with Crippen molar-refractivity contribution in [2.24, 2.45) is 5.73 Å². The van der Waals surface area contributed by atoms with Crippen molar-refractivity contribution in [2.75, 3.05) is 31.6 Å². The molecule has 0 unspecified atom stereocenters. The van der Waals surface area contributed by atoms with Crippen molar-refractivity contribution in [2.45, 2.75) is 19.8 Å². The molecule has 0 aromatic carbocycles. The lowest BCUT2D eigenvalue weighted by Crippen LogP contribution is -2.20. The van der Waals surface area contributed by atoms with E-state index in [1.54, 1.807) is 18.5 Å². The standard InChI is InChI=1S/C16H22N4O2S/c1-3-22-16(21)13-11-23-15(19-13)12-6-8-18-14(10-12)20(2)9-5-4-7-17/h6,8,10-11H,3-5,7,9,17H2,1-2H3. The second-order valence-electron chi connectivity index (χ2n) is 5.08. The van der Waals surface area contributed by atoms with Crippen molar-refractivity contribution in [3.8, 4) is 10.6 Å². The number of nitrogens with two attached hydrogens (primary N) is 1. The van der Waals surface area contributed by atoms with E-state index in [-0.39, 0.29) is 5.97 Å². The maximum absolute atomic E-state index is 11.7. The summed E-state index contributed by atoms with van der Waals surface area (Å²) >= 11 is 1.42. The number of thiazole rings is 1. The Labute approximate surface area is 140 Å². The second-order valence-corrected chi connectivity index (χ2v) is 5.94. The van der Waals surface area contributed by atoms with Gasteiger partial charge in [-0.3, -0.25) is 0 Å². The van der Waals surface area contributed by atoms with Crippen LogP contribution in [-0.4, -0.2) is 42.7 Å². The molecule has 2 rings (SSSR count). The number of hydrogen-bond acceptors (Lipinski definition) is 7. The number of carbonyl (C=O) groups is 1. The van der Waals surface area contributed by atoms with Gasteiger partial charge < -0.3 is 15.4 Å². The van der Waals surface area contributed by atoms with Crippen LogP contribution in [0.1, 0.15) is 30.3 Å². The Bertz CT molecular complexity index is 645. The van der Waals surface area contributed by atoms with E-state index in [1.165, 1.54) is 11.3 Å². The molecule has 7 heteroatoms. The van der Waals surface area contributed by atoms with E-state index in [0.717, 1.165) is 35.8 Å². The van der Waals surface area contributed by atoms with Crippen LogP contribution in [-0.2, 0) is 4.74 Å². The van der Waals surface area contributed by atoms with Crippen molar-refractivity contribution in [1.82, 2.24) is 9.97 Å². The van der Waals surface area contributed by atoms with E-state index in [4.69, 9.17) is 10.5 Å². The summed E-state index contributed by atoms with van der Waals surface area (Å²) in [6.07, 6.45) is 3.79. The van der Waals surface area contributed by atoms with Gasteiger partial charge in [-0.1, -0.05) is 0 Å². The molecule has 0 amide bonds. The van der Waals surface area contributed by atoms with Gasteiger partial charge in [-0.25, -0.2) is 14.8 Å². The molecule has 2 N–H and O–H groups in total. The zero-order chi connectivity index (χ0) is 16.7. The molecule has 2 heterocycles. The number of unbranched alkanes of at least 4 members (excludes halogenated alkanes) is 1. The van der Waals surface area contributed by atoms with Gasteiger partial charge in [-0.15, -0.1) is 11.3 Å². The minimum Gasteiger partial charge on any atom is -0.461 e. The predicted octanol–water partition coefficient (Wildman–Crippen LogP) is 2.56. The Hall–Kier alpha value is -1.99. The topological polar surface area (TPSA) is 81.3 Å². The summed E-state index contributed by atoms with van der Waals surface area (Å²) < 4.78 is 4.97. The Balaban J connectivity index is 2.11. The number of anilines is 1. The van der Waals surface area contributed by atoms with Crippen LogP contribution in [0.5, 0.6) is 0 Å². The quantitative estimate of drug-likeness (QED) is 0.590. The fourth-order valence-corrected chi connectivity index (χ4v) is 2.86. The van der Waals surface area contributed by atoms with E-state index >= 15 is 0 Å². The van der Waals surface area contributed by atoms with Crippen LogP contribution >= 0.6 is 11.3 Å². The maximum Gasteiger partial charge on any atom is 0.357 e. The first kappa shape index (κ1) is 17.4. The SMILES string of the molecule is CCOC(=O)c1csc(-c2ccnc(N(C)CCCCN)c2)n1. The van der Waals surface area contributed by atoms with Crippen molar-refractivity contribution in [3.63, 3.8) is 0 Å². The van der Waals surface area contributed by atoms with Crippen LogP contribution in [0.3, 0.4) is 0 Å². The number of hydrogen-bond donors (Lipinski definition) is 1. The largest absolute Gasteiger partial charge is 0.461 e. The Morgan fingerprint density at radius 3 is 3.00 bits per heavy atom. The summed E-state index contributed by atoms with van der Waals surface area (Å²) in [5.74, 6) is 0.496. The summed E-state index contributed by atoms with van der Waals surface area (Å²) in [4.78, 5) is 22.5. The van der Waals surface area contributed by atoms with Crippen LogP contribution in [0.15, 0.2) is 23.7 Å². The molecule has 0 aliphatic rings. The van der Waals surface area contributed by atoms with Crippen LogP contribution in [0, 0.1) is 0 Å². The molecule has 2 aromatic rings. The number of carbonyl (C=O) groups excluding carboxylic acids is 1. The lowest BCUT2D eigenvalue weighted by atomic mass is 10.2. The van der Waals surface area contributed by atoms with Gasteiger partial charge >= 0.3 is 5.97 Å². The van der Waals surface area contributed by atoms with Crippen molar-refractivity contribution >= 4 is 23.1 Å². The number of ether oxygens (including phenoxy) is 1. The smallest absolute Gasteiger partial charge is 0.357 e.